The molecule has 2 amide bonds. The number of urea groups is 1. The first-order valence-electron chi connectivity index (χ1n) is 6.09. The normalized spacial score (nSPS) is 18.8. The van der Waals surface area contributed by atoms with Crippen LogP contribution in [0.2, 0.25) is 0 Å². The molecule has 0 saturated carbocycles. The largest absolute Gasteiger partial charge is 0.480 e. The van der Waals surface area contributed by atoms with Crippen LogP contribution in [-0.2, 0) is 4.79 Å². The van der Waals surface area contributed by atoms with Gasteiger partial charge in [-0.05, 0) is 26.9 Å². The van der Waals surface area contributed by atoms with E-state index in [-0.39, 0.29) is 12.6 Å². The Bertz CT molecular complexity index is 301. The van der Waals surface area contributed by atoms with Gasteiger partial charge >= 0.3 is 12.0 Å². The lowest BCUT2D eigenvalue weighted by Crippen LogP contribution is -2.51. The van der Waals surface area contributed by atoms with Crippen molar-refractivity contribution in [3.8, 4) is 0 Å². The SMILES string of the molecule is CN(C)C1CCN(C(=O)NC[C@H](N)C(=O)O)CC1. The molecule has 1 rings (SSSR count). The van der Waals surface area contributed by atoms with E-state index < -0.39 is 12.0 Å². The first-order chi connectivity index (χ1) is 8.41. The Morgan fingerprint density at radius 2 is 2.00 bits per heavy atom. The summed E-state index contributed by atoms with van der Waals surface area (Å²) in [6, 6.07) is -0.771. The van der Waals surface area contributed by atoms with Crippen molar-refractivity contribution < 1.29 is 14.7 Å². The number of carboxylic acid groups (broad SMARTS) is 1. The zero-order valence-electron chi connectivity index (χ0n) is 10.9. The number of rotatable bonds is 4. The van der Waals surface area contributed by atoms with Crippen LogP contribution in [0.1, 0.15) is 12.8 Å². The van der Waals surface area contributed by atoms with Crippen LogP contribution in [0.3, 0.4) is 0 Å². The van der Waals surface area contributed by atoms with Gasteiger partial charge in [-0.1, -0.05) is 0 Å². The molecule has 0 spiro atoms. The summed E-state index contributed by atoms with van der Waals surface area (Å²) in [5.74, 6) is -1.11. The van der Waals surface area contributed by atoms with Crippen molar-refractivity contribution in [1.29, 1.82) is 0 Å². The Hall–Kier alpha value is -1.34. The number of hydrogen-bond donors (Lipinski definition) is 3. The minimum atomic E-state index is -1.11. The Morgan fingerprint density at radius 1 is 1.44 bits per heavy atom. The second kappa shape index (κ2) is 6.55. The Balaban J connectivity index is 2.30. The number of carbonyl (C=O) groups excluding carboxylic acids is 1. The minimum Gasteiger partial charge on any atom is -0.480 e. The van der Waals surface area contributed by atoms with E-state index in [1.807, 2.05) is 14.1 Å². The van der Waals surface area contributed by atoms with Crippen molar-refractivity contribution in [1.82, 2.24) is 15.1 Å². The molecule has 7 heteroatoms. The third-order valence-electron chi connectivity index (χ3n) is 3.27. The summed E-state index contributed by atoms with van der Waals surface area (Å²) in [5.41, 5.74) is 5.32. The number of nitrogens with two attached hydrogens (primary N) is 1. The minimum absolute atomic E-state index is 0.0399. The highest BCUT2D eigenvalue weighted by Gasteiger charge is 2.24. The van der Waals surface area contributed by atoms with Crippen molar-refractivity contribution in [2.45, 2.75) is 24.9 Å². The number of amides is 2. The molecule has 0 radical (unpaired) electrons. The van der Waals surface area contributed by atoms with Crippen molar-refractivity contribution in [3.63, 3.8) is 0 Å². The van der Waals surface area contributed by atoms with E-state index in [2.05, 4.69) is 10.2 Å². The number of piperidine rings is 1. The molecular formula is C11H22N4O3. The van der Waals surface area contributed by atoms with E-state index in [1.165, 1.54) is 0 Å². The monoisotopic (exact) mass is 258 g/mol. The van der Waals surface area contributed by atoms with Crippen LogP contribution in [0.4, 0.5) is 4.79 Å². The molecule has 4 N–H and O–H groups in total. The molecule has 7 nitrogen and oxygen atoms in total. The second-order valence-corrected chi connectivity index (χ2v) is 4.81. The molecule has 0 aromatic heterocycles. The summed E-state index contributed by atoms with van der Waals surface area (Å²) >= 11 is 0. The molecule has 104 valence electrons. The van der Waals surface area contributed by atoms with Gasteiger partial charge in [0.25, 0.3) is 0 Å². The number of likely N-dealkylation sites (tertiary alicyclic amines) is 1. The van der Waals surface area contributed by atoms with E-state index in [0.717, 1.165) is 12.8 Å². The smallest absolute Gasteiger partial charge is 0.322 e. The second-order valence-electron chi connectivity index (χ2n) is 4.81. The maximum atomic E-state index is 11.8. The number of hydrogen-bond acceptors (Lipinski definition) is 4. The highest BCUT2D eigenvalue weighted by Crippen LogP contribution is 2.13. The molecule has 1 saturated heterocycles. The van der Waals surface area contributed by atoms with Crippen LogP contribution in [0, 0.1) is 0 Å². The molecule has 1 fully saturated rings. The van der Waals surface area contributed by atoms with Crippen molar-refractivity contribution in [2.75, 3.05) is 33.7 Å². The van der Waals surface area contributed by atoms with Crippen LogP contribution >= 0.6 is 0 Å². The number of nitrogens with one attached hydrogen (secondary N) is 1. The van der Waals surface area contributed by atoms with Crippen LogP contribution in [0.15, 0.2) is 0 Å². The Kier molecular flexibility index (Phi) is 5.36. The first kappa shape index (κ1) is 14.7. The van der Waals surface area contributed by atoms with E-state index in [1.54, 1.807) is 4.90 Å². The standard InChI is InChI=1S/C11H22N4O3/c1-14(2)8-3-5-15(6-4-8)11(18)13-7-9(12)10(16)17/h8-9H,3-7,12H2,1-2H3,(H,13,18)(H,16,17)/t9-/m0/s1. The highest BCUT2D eigenvalue weighted by molar-refractivity contribution is 5.77. The lowest BCUT2D eigenvalue weighted by molar-refractivity contribution is -0.138. The molecular weight excluding hydrogens is 236 g/mol. The molecule has 1 aliphatic heterocycles. The summed E-state index contributed by atoms with van der Waals surface area (Å²) in [6.45, 7) is 1.34. The fourth-order valence-corrected chi connectivity index (χ4v) is 1.98. The fourth-order valence-electron chi connectivity index (χ4n) is 1.98. The van der Waals surface area contributed by atoms with E-state index >= 15 is 0 Å². The van der Waals surface area contributed by atoms with Gasteiger partial charge in [-0.25, -0.2) is 4.79 Å². The summed E-state index contributed by atoms with van der Waals surface area (Å²) in [7, 11) is 4.07. The van der Waals surface area contributed by atoms with Crippen LogP contribution in [0.25, 0.3) is 0 Å². The Morgan fingerprint density at radius 3 is 2.44 bits per heavy atom. The number of aliphatic carboxylic acids is 1. The number of carboxylic acids is 1. The maximum Gasteiger partial charge on any atom is 0.322 e. The van der Waals surface area contributed by atoms with Crippen molar-refractivity contribution in [3.05, 3.63) is 0 Å². The van der Waals surface area contributed by atoms with Gasteiger partial charge in [-0.2, -0.15) is 0 Å². The number of carbonyl (C=O) groups is 2. The zero-order valence-corrected chi connectivity index (χ0v) is 10.9. The molecule has 1 aliphatic rings. The molecule has 18 heavy (non-hydrogen) atoms. The summed E-state index contributed by atoms with van der Waals surface area (Å²) in [6.07, 6.45) is 1.87. The summed E-state index contributed by atoms with van der Waals surface area (Å²) in [5, 5.41) is 11.2. The van der Waals surface area contributed by atoms with Gasteiger partial charge < -0.3 is 26.0 Å². The van der Waals surface area contributed by atoms with Gasteiger partial charge in [0.15, 0.2) is 0 Å². The summed E-state index contributed by atoms with van der Waals surface area (Å²) < 4.78 is 0. The van der Waals surface area contributed by atoms with Gasteiger partial charge in [-0.3, -0.25) is 4.79 Å². The molecule has 1 heterocycles. The van der Waals surface area contributed by atoms with Crippen LogP contribution < -0.4 is 11.1 Å². The van der Waals surface area contributed by atoms with Gasteiger partial charge in [-0.15, -0.1) is 0 Å². The highest BCUT2D eigenvalue weighted by atomic mass is 16.4. The lowest BCUT2D eigenvalue weighted by Gasteiger charge is -2.35. The molecule has 0 bridgehead atoms. The predicted octanol–water partition coefficient (Wildman–Crippen LogP) is -0.866. The van der Waals surface area contributed by atoms with Gasteiger partial charge in [0, 0.05) is 25.7 Å². The zero-order chi connectivity index (χ0) is 13.7. The molecule has 0 aromatic rings. The Labute approximate surface area is 107 Å². The predicted molar refractivity (Wildman–Crippen MR) is 67.3 cm³/mol. The van der Waals surface area contributed by atoms with Crippen molar-refractivity contribution >= 4 is 12.0 Å². The maximum absolute atomic E-state index is 11.8. The molecule has 0 aliphatic carbocycles. The van der Waals surface area contributed by atoms with E-state index in [9.17, 15) is 9.59 Å². The van der Waals surface area contributed by atoms with Gasteiger partial charge in [0.1, 0.15) is 6.04 Å². The third-order valence-corrected chi connectivity index (χ3v) is 3.27. The van der Waals surface area contributed by atoms with E-state index in [0.29, 0.717) is 19.1 Å². The lowest BCUT2D eigenvalue weighted by atomic mass is 10.0. The quantitative estimate of drug-likeness (QED) is 0.609. The fraction of sp³-hybridized carbons (Fsp3) is 0.818. The summed E-state index contributed by atoms with van der Waals surface area (Å²) in [4.78, 5) is 26.1. The van der Waals surface area contributed by atoms with Gasteiger partial charge in [0.2, 0.25) is 0 Å². The average Bonchev–Trinajstić information content (AvgIpc) is 2.35. The molecule has 0 unspecified atom stereocenters. The topological polar surface area (TPSA) is 98.9 Å². The van der Waals surface area contributed by atoms with Crippen LogP contribution in [0.5, 0.6) is 0 Å². The van der Waals surface area contributed by atoms with E-state index in [4.69, 9.17) is 10.8 Å². The molecule has 0 aromatic carbocycles. The van der Waals surface area contributed by atoms with Crippen molar-refractivity contribution in [2.24, 2.45) is 5.73 Å². The first-order valence-corrected chi connectivity index (χ1v) is 6.09. The third kappa shape index (κ3) is 4.15. The van der Waals surface area contributed by atoms with Crippen LogP contribution in [-0.4, -0.2) is 72.7 Å². The van der Waals surface area contributed by atoms with Gasteiger partial charge in [0.05, 0.1) is 0 Å². The molecule has 1 atom stereocenters. The average molecular weight is 258 g/mol. The number of nitrogens with zero attached hydrogens (tertiary/aromatic N) is 2.